The quantitative estimate of drug-likeness (QED) is 0.371. The van der Waals surface area contributed by atoms with Crippen LogP contribution in [0, 0.1) is 0 Å². The van der Waals surface area contributed by atoms with Crippen LogP contribution in [0.25, 0.3) is 0 Å². The van der Waals surface area contributed by atoms with E-state index in [-0.39, 0.29) is 5.75 Å². The van der Waals surface area contributed by atoms with E-state index in [1.165, 1.54) is 0 Å². The summed E-state index contributed by atoms with van der Waals surface area (Å²) in [7, 11) is 0. The third-order valence-electron chi connectivity index (χ3n) is 4.19. The average Bonchev–Trinajstić information content (AvgIpc) is 2.68. The number of phenols is 1. The van der Waals surface area contributed by atoms with Crippen molar-refractivity contribution >= 4 is 18.0 Å². The van der Waals surface area contributed by atoms with E-state index in [2.05, 4.69) is 24.3 Å². The molecule has 0 aliphatic rings. The summed E-state index contributed by atoms with van der Waals surface area (Å²) < 4.78 is -0.431. The summed E-state index contributed by atoms with van der Waals surface area (Å²) in [6.45, 7) is 0. The predicted molar refractivity (Wildman–Crippen MR) is 104 cm³/mol. The lowest BCUT2D eigenvalue weighted by Gasteiger charge is -2.35. The first-order valence-corrected chi connectivity index (χ1v) is 9.24. The van der Waals surface area contributed by atoms with Gasteiger partial charge in [-0.15, -0.1) is 11.8 Å². The van der Waals surface area contributed by atoms with Gasteiger partial charge in [0.05, 0.1) is 4.75 Å². The van der Waals surface area contributed by atoms with Crippen LogP contribution >= 0.6 is 11.8 Å². The molecular formula is C22H20O2S. The van der Waals surface area contributed by atoms with Crippen molar-refractivity contribution in [1.82, 2.24) is 0 Å². The van der Waals surface area contributed by atoms with Crippen LogP contribution in [0.5, 0.6) is 5.75 Å². The Morgan fingerprint density at radius 2 is 1.24 bits per heavy atom. The van der Waals surface area contributed by atoms with Crippen LogP contribution in [0.2, 0.25) is 0 Å². The fourth-order valence-electron chi connectivity index (χ4n) is 3.05. The van der Waals surface area contributed by atoms with Gasteiger partial charge in [-0.1, -0.05) is 72.8 Å². The van der Waals surface area contributed by atoms with E-state index in [1.54, 1.807) is 23.9 Å². The molecule has 1 N–H and O–H groups in total. The third-order valence-corrected chi connectivity index (χ3v) is 5.77. The maximum atomic E-state index is 10.9. The van der Waals surface area contributed by atoms with Crippen LogP contribution in [0.15, 0.2) is 84.9 Å². The highest BCUT2D eigenvalue weighted by Gasteiger charge is 2.36. The molecule has 0 unspecified atom stereocenters. The molecule has 0 radical (unpaired) electrons. The van der Waals surface area contributed by atoms with Crippen molar-refractivity contribution in [3.05, 3.63) is 102 Å². The lowest BCUT2D eigenvalue weighted by molar-refractivity contribution is -0.107. The fraction of sp³-hybridized carbons (Fsp3) is 0.136. The lowest BCUT2D eigenvalue weighted by Crippen LogP contribution is -2.26. The number of aromatic hydroxyl groups is 1. The molecule has 0 atom stereocenters. The zero-order valence-corrected chi connectivity index (χ0v) is 14.7. The van der Waals surface area contributed by atoms with Crippen LogP contribution < -0.4 is 0 Å². The molecule has 0 aromatic heterocycles. The average molecular weight is 348 g/mol. The number of carbonyl (C=O) groups excluding carboxylic acids is 1. The van der Waals surface area contributed by atoms with Gasteiger partial charge in [-0.25, -0.2) is 0 Å². The zero-order valence-electron chi connectivity index (χ0n) is 13.8. The molecule has 0 aliphatic heterocycles. The van der Waals surface area contributed by atoms with Crippen molar-refractivity contribution in [2.24, 2.45) is 0 Å². The molecule has 3 aromatic carbocycles. The van der Waals surface area contributed by atoms with Gasteiger partial charge >= 0.3 is 0 Å². The minimum absolute atomic E-state index is 0.247. The minimum atomic E-state index is -0.431. The Labute approximate surface area is 152 Å². The van der Waals surface area contributed by atoms with Gasteiger partial charge < -0.3 is 9.90 Å². The molecule has 0 bridgehead atoms. The predicted octanol–water partition coefficient (Wildman–Crippen LogP) is 5.01. The standard InChI is InChI=1S/C22H20O2S/c23-16-7-17-25-22(18-8-3-1-4-9-18,19-10-5-2-6-11-19)20-12-14-21(24)15-13-20/h1-6,8-16,24H,7,17H2. The molecule has 25 heavy (non-hydrogen) atoms. The molecule has 3 heteroatoms. The smallest absolute Gasteiger partial charge is 0.120 e. The lowest BCUT2D eigenvalue weighted by atomic mass is 9.84. The van der Waals surface area contributed by atoms with Gasteiger partial charge in [-0.05, 0) is 28.8 Å². The zero-order chi connectivity index (χ0) is 17.5. The normalized spacial score (nSPS) is 11.2. The summed E-state index contributed by atoms with van der Waals surface area (Å²) in [5, 5.41) is 9.72. The molecule has 0 saturated heterocycles. The Hall–Kier alpha value is -2.52. The van der Waals surface area contributed by atoms with Crippen molar-refractivity contribution in [3.8, 4) is 5.75 Å². The molecule has 0 amide bonds. The monoisotopic (exact) mass is 348 g/mol. The number of rotatable bonds is 7. The van der Waals surface area contributed by atoms with Crippen molar-refractivity contribution in [1.29, 1.82) is 0 Å². The number of aldehydes is 1. The third kappa shape index (κ3) is 3.62. The van der Waals surface area contributed by atoms with E-state index in [1.807, 2.05) is 48.5 Å². The van der Waals surface area contributed by atoms with Crippen molar-refractivity contribution in [3.63, 3.8) is 0 Å². The number of thioether (sulfide) groups is 1. The topological polar surface area (TPSA) is 37.3 Å². The molecular weight excluding hydrogens is 328 g/mol. The van der Waals surface area contributed by atoms with Gasteiger partial charge in [0.1, 0.15) is 12.0 Å². The van der Waals surface area contributed by atoms with Gasteiger partial charge in [0.15, 0.2) is 0 Å². The molecule has 126 valence electrons. The first-order valence-electron chi connectivity index (χ1n) is 8.25. The number of phenolic OH excluding ortho intramolecular Hbond substituents is 1. The number of benzene rings is 3. The summed E-state index contributed by atoms with van der Waals surface area (Å²) in [5.74, 6) is 0.963. The molecule has 0 fully saturated rings. The minimum Gasteiger partial charge on any atom is -0.508 e. The first-order chi connectivity index (χ1) is 12.3. The van der Waals surface area contributed by atoms with Crippen molar-refractivity contribution in [2.75, 3.05) is 5.75 Å². The fourth-order valence-corrected chi connectivity index (χ4v) is 4.48. The Kier molecular flexibility index (Phi) is 5.56. The first kappa shape index (κ1) is 17.3. The van der Waals surface area contributed by atoms with E-state index < -0.39 is 4.75 Å². The summed E-state index contributed by atoms with van der Waals surface area (Å²) in [5.41, 5.74) is 3.39. The maximum absolute atomic E-state index is 10.9. The highest BCUT2D eigenvalue weighted by atomic mass is 32.2. The van der Waals surface area contributed by atoms with E-state index >= 15 is 0 Å². The Morgan fingerprint density at radius 1 is 0.760 bits per heavy atom. The van der Waals surface area contributed by atoms with Gasteiger partial charge in [0, 0.05) is 12.2 Å². The van der Waals surface area contributed by atoms with Gasteiger partial charge in [0.2, 0.25) is 0 Å². The van der Waals surface area contributed by atoms with Crippen LogP contribution in [0.4, 0.5) is 0 Å². The highest BCUT2D eigenvalue weighted by molar-refractivity contribution is 8.00. The number of hydrogen-bond donors (Lipinski definition) is 1. The molecule has 0 saturated carbocycles. The number of hydrogen-bond acceptors (Lipinski definition) is 3. The summed E-state index contributed by atoms with van der Waals surface area (Å²) in [6.07, 6.45) is 1.47. The second-order valence-corrected chi connectivity index (χ2v) is 7.07. The number of carbonyl (C=O) groups is 1. The molecule has 2 nitrogen and oxygen atoms in total. The van der Waals surface area contributed by atoms with Crippen LogP contribution in [-0.4, -0.2) is 17.1 Å². The molecule has 0 aliphatic carbocycles. The second kappa shape index (κ2) is 8.04. The summed E-state index contributed by atoms with van der Waals surface area (Å²) in [6, 6.07) is 28.0. The Bertz CT molecular complexity index is 759. The van der Waals surface area contributed by atoms with Crippen molar-refractivity contribution < 1.29 is 9.90 Å². The van der Waals surface area contributed by atoms with E-state index in [9.17, 15) is 9.90 Å². The molecule has 0 spiro atoms. The van der Waals surface area contributed by atoms with Gasteiger partial charge in [0.25, 0.3) is 0 Å². The van der Waals surface area contributed by atoms with Crippen LogP contribution in [-0.2, 0) is 9.54 Å². The van der Waals surface area contributed by atoms with E-state index in [0.29, 0.717) is 12.2 Å². The van der Waals surface area contributed by atoms with Gasteiger partial charge in [-0.3, -0.25) is 0 Å². The van der Waals surface area contributed by atoms with Gasteiger partial charge in [-0.2, -0.15) is 0 Å². The maximum Gasteiger partial charge on any atom is 0.120 e. The summed E-state index contributed by atoms with van der Waals surface area (Å²) in [4.78, 5) is 10.9. The van der Waals surface area contributed by atoms with Crippen molar-refractivity contribution in [2.45, 2.75) is 11.2 Å². The SMILES string of the molecule is O=CCCSC(c1ccccc1)(c1ccccc1)c1ccc(O)cc1. The summed E-state index contributed by atoms with van der Waals surface area (Å²) >= 11 is 1.75. The molecule has 3 rings (SSSR count). The highest BCUT2D eigenvalue weighted by Crippen LogP contribution is 2.48. The molecule has 3 aromatic rings. The van der Waals surface area contributed by atoms with E-state index in [0.717, 1.165) is 23.0 Å². The second-order valence-electron chi connectivity index (χ2n) is 5.76. The van der Waals surface area contributed by atoms with E-state index in [4.69, 9.17) is 0 Å². The Balaban J connectivity index is 2.22. The van der Waals surface area contributed by atoms with Crippen LogP contribution in [0.1, 0.15) is 23.1 Å². The largest absolute Gasteiger partial charge is 0.508 e. The Morgan fingerprint density at radius 3 is 1.72 bits per heavy atom. The van der Waals surface area contributed by atoms with Crippen LogP contribution in [0.3, 0.4) is 0 Å². The molecule has 0 heterocycles.